The van der Waals surface area contributed by atoms with Crippen LogP contribution in [0, 0.1) is 5.92 Å². The SMILES string of the molecule is CCN(CC)C1=Nc2ccccc2NC(=O)C1C. The van der Waals surface area contributed by atoms with Crippen LogP contribution in [0.5, 0.6) is 0 Å². The van der Waals surface area contributed by atoms with E-state index in [9.17, 15) is 4.79 Å². The summed E-state index contributed by atoms with van der Waals surface area (Å²) < 4.78 is 0. The lowest BCUT2D eigenvalue weighted by Gasteiger charge is -2.25. The van der Waals surface area contributed by atoms with Crippen LogP contribution in [0.3, 0.4) is 0 Å². The third-order valence-electron chi connectivity index (χ3n) is 3.26. The van der Waals surface area contributed by atoms with Gasteiger partial charge in [0.25, 0.3) is 0 Å². The fourth-order valence-electron chi connectivity index (χ4n) is 2.15. The molecule has 4 nitrogen and oxygen atoms in total. The van der Waals surface area contributed by atoms with Crippen LogP contribution in [0.15, 0.2) is 29.3 Å². The Morgan fingerprint density at radius 1 is 1.28 bits per heavy atom. The van der Waals surface area contributed by atoms with Crippen LogP contribution in [0.25, 0.3) is 0 Å². The number of hydrogen-bond donors (Lipinski definition) is 1. The van der Waals surface area contributed by atoms with Crippen molar-refractivity contribution in [3.05, 3.63) is 24.3 Å². The molecule has 0 saturated heterocycles. The third kappa shape index (κ3) is 2.23. The van der Waals surface area contributed by atoms with Crippen LogP contribution < -0.4 is 5.32 Å². The number of rotatable bonds is 2. The number of carbonyl (C=O) groups is 1. The van der Waals surface area contributed by atoms with Gasteiger partial charge in [-0.3, -0.25) is 4.79 Å². The maximum absolute atomic E-state index is 12.1. The van der Waals surface area contributed by atoms with Crippen molar-refractivity contribution in [3.63, 3.8) is 0 Å². The number of nitrogens with zero attached hydrogens (tertiary/aromatic N) is 2. The third-order valence-corrected chi connectivity index (χ3v) is 3.26. The molecule has 0 saturated carbocycles. The van der Waals surface area contributed by atoms with Gasteiger partial charge in [0, 0.05) is 13.1 Å². The molecule has 1 amide bonds. The van der Waals surface area contributed by atoms with Gasteiger partial charge in [0.15, 0.2) is 0 Å². The Hall–Kier alpha value is -1.84. The van der Waals surface area contributed by atoms with E-state index in [0.717, 1.165) is 30.3 Å². The Balaban J connectivity index is 2.49. The molecule has 1 aliphatic heterocycles. The molecule has 1 atom stereocenters. The van der Waals surface area contributed by atoms with E-state index in [0.29, 0.717) is 0 Å². The number of carbonyl (C=O) groups excluding carboxylic acids is 1. The van der Waals surface area contributed by atoms with Gasteiger partial charge in [0.2, 0.25) is 5.91 Å². The molecule has 0 spiro atoms. The summed E-state index contributed by atoms with van der Waals surface area (Å²) in [5, 5.41) is 2.92. The Labute approximate surface area is 108 Å². The number of fused-ring (bicyclic) bond motifs is 1. The minimum atomic E-state index is -0.225. The van der Waals surface area contributed by atoms with E-state index < -0.39 is 0 Å². The van der Waals surface area contributed by atoms with Crippen molar-refractivity contribution in [2.45, 2.75) is 20.8 Å². The highest BCUT2D eigenvalue weighted by molar-refractivity contribution is 6.11. The molecule has 1 N–H and O–H groups in total. The molecule has 1 unspecified atom stereocenters. The van der Waals surface area contributed by atoms with Crippen LogP contribution in [0.4, 0.5) is 11.4 Å². The zero-order valence-electron chi connectivity index (χ0n) is 11.1. The summed E-state index contributed by atoms with van der Waals surface area (Å²) >= 11 is 0. The van der Waals surface area contributed by atoms with E-state index in [1.165, 1.54) is 0 Å². The van der Waals surface area contributed by atoms with Gasteiger partial charge in [-0.1, -0.05) is 12.1 Å². The van der Waals surface area contributed by atoms with Crippen molar-refractivity contribution in [1.29, 1.82) is 0 Å². The Kier molecular flexibility index (Phi) is 3.65. The molecule has 4 heteroatoms. The fraction of sp³-hybridized carbons (Fsp3) is 0.429. The van der Waals surface area contributed by atoms with E-state index >= 15 is 0 Å². The second-order valence-electron chi connectivity index (χ2n) is 4.37. The first kappa shape index (κ1) is 12.6. The molecule has 0 fully saturated rings. The Bertz CT molecular complexity index is 478. The summed E-state index contributed by atoms with van der Waals surface area (Å²) in [6.45, 7) is 7.77. The summed E-state index contributed by atoms with van der Waals surface area (Å²) in [6.07, 6.45) is 0. The average Bonchev–Trinajstić information content (AvgIpc) is 2.51. The number of benzene rings is 1. The second-order valence-corrected chi connectivity index (χ2v) is 4.37. The van der Waals surface area contributed by atoms with Gasteiger partial charge < -0.3 is 10.2 Å². The molecule has 1 aromatic rings. The average molecular weight is 245 g/mol. The molecule has 0 radical (unpaired) electrons. The van der Waals surface area contributed by atoms with Gasteiger partial charge in [0.05, 0.1) is 17.3 Å². The topological polar surface area (TPSA) is 44.7 Å². The van der Waals surface area contributed by atoms with Gasteiger partial charge in [-0.05, 0) is 32.9 Å². The number of anilines is 1. The second kappa shape index (κ2) is 5.21. The quantitative estimate of drug-likeness (QED) is 0.870. The first-order valence-electron chi connectivity index (χ1n) is 6.40. The van der Waals surface area contributed by atoms with Crippen molar-refractivity contribution in [3.8, 4) is 0 Å². The normalized spacial score (nSPS) is 18.5. The van der Waals surface area contributed by atoms with E-state index in [4.69, 9.17) is 0 Å². The zero-order chi connectivity index (χ0) is 13.1. The number of amides is 1. The standard InChI is InChI=1S/C14H19N3O/c1-4-17(5-2)13-10(3)14(18)16-12-9-7-6-8-11(12)15-13/h6-10H,4-5H2,1-3H3,(H,16,18). The van der Waals surface area contributed by atoms with Crippen LogP contribution in [-0.2, 0) is 4.79 Å². The lowest BCUT2D eigenvalue weighted by atomic mass is 10.1. The largest absolute Gasteiger partial charge is 0.360 e. The first-order valence-corrected chi connectivity index (χ1v) is 6.40. The van der Waals surface area contributed by atoms with E-state index in [1.807, 2.05) is 31.2 Å². The van der Waals surface area contributed by atoms with Crippen LogP contribution in [-0.4, -0.2) is 29.7 Å². The fourth-order valence-corrected chi connectivity index (χ4v) is 2.15. The van der Waals surface area contributed by atoms with E-state index in [1.54, 1.807) is 0 Å². The zero-order valence-corrected chi connectivity index (χ0v) is 11.1. The van der Waals surface area contributed by atoms with Crippen molar-refractivity contribution in [2.75, 3.05) is 18.4 Å². The Morgan fingerprint density at radius 3 is 2.61 bits per heavy atom. The molecule has 1 heterocycles. The minimum absolute atomic E-state index is 0.00519. The van der Waals surface area contributed by atoms with E-state index in [2.05, 4.69) is 29.1 Å². The van der Waals surface area contributed by atoms with Gasteiger partial charge in [-0.25, -0.2) is 4.99 Å². The molecular formula is C14H19N3O. The van der Waals surface area contributed by atoms with Crippen LogP contribution in [0.1, 0.15) is 20.8 Å². The highest BCUT2D eigenvalue weighted by Crippen LogP contribution is 2.29. The molecule has 96 valence electrons. The predicted octanol–water partition coefficient (Wildman–Crippen LogP) is 2.65. The molecule has 2 rings (SSSR count). The van der Waals surface area contributed by atoms with Gasteiger partial charge in [-0.2, -0.15) is 0 Å². The number of nitrogens with one attached hydrogen (secondary N) is 1. The summed E-state index contributed by atoms with van der Waals surface area (Å²) in [6, 6.07) is 7.65. The Morgan fingerprint density at radius 2 is 1.94 bits per heavy atom. The maximum Gasteiger partial charge on any atom is 0.234 e. The lowest BCUT2D eigenvalue weighted by molar-refractivity contribution is -0.117. The van der Waals surface area contributed by atoms with Crippen LogP contribution >= 0.6 is 0 Å². The van der Waals surface area contributed by atoms with Crippen LogP contribution in [0.2, 0.25) is 0 Å². The summed E-state index contributed by atoms with van der Waals surface area (Å²) in [7, 11) is 0. The van der Waals surface area contributed by atoms with Crippen molar-refractivity contribution < 1.29 is 4.79 Å². The number of para-hydroxylation sites is 2. The van der Waals surface area contributed by atoms with Gasteiger partial charge in [-0.15, -0.1) is 0 Å². The highest BCUT2D eigenvalue weighted by Gasteiger charge is 2.26. The molecule has 1 aliphatic rings. The molecule has 0 bridgehead atoms. The predicted molar refractivity (Wildman–Crippen MR) is 74.3 cm³/mol. The summed E-state index contributed by atoms with van der Waals surface area (Å²) in [5.74, 6) is 0.630. The van der Waals surface area contributed by atoms with E-state index in [-0.39, 0.29) is 11.8 Å². The van der Waals surface area contributed by atoms with Gasteiger partial charge >= 0.3 is 0 Å². The summed E-state index contributed by atoms with van der Waals surface area (Å²) in [4.78, 5) is 18.9. The number of hydrogen-bond acceptors (Lipinski definition) is 3. The molecule has 0 aliphatic carbocycles. The minimum Gasteiger partial charge on any atom is -0.360 e. The maximum atomic E-state index is 12.1. The van der Waals surface area contributed by atoms with Crippen molar-refractivity contribution in [2.24, 2.45) is 10.9 Å². The lowest BCUT2D eigenvalue weighted by Crippen LogP contribution is -2.39. The smallest absolute Gasteiger partial charge is 0.234 e. The number of amidine groups is 1. The van der Waals surface area contributed by atoms with Crippen molar-refractivity contribution >= 4 is 23.1 Å². The number of aliphatic imine (C=N–C) groups is 1. The molecular weight excluding hydrogens is 226 g/mol. The van der Waals surface area contributed by atoms with Crippen molar-refractivity contribution in [1.82, 2.24) is 4.90 Å². The molecule has 18 heavy (non-hydrogen) atoms. The molecule has 1 aromatic carbocycles. The van der Waals surface area contributed by atoms with Gasteiger partial charge in [0.1, 0.15) is 5.84 Å². The monoisotopic (exact) mass is 245 g/mol. The molecule has 0 aromatic heterocycles. The highest BCUT2D eigenvalue weighted by atomic mass is 16.2. The summed E-state index contributed by atoms with van der Waals surface area (Å²) in [5.41, 5.74) is 1.62. The first-order chi connectivity index (χ1) is 8.67.